The largest absolute Gasteiger partial charge is 0.483 e. The average Bonchev–Trinajstić information content (AvgIpc) is 2.83. The van der Waals surface area contributed by atoms with Gasteiger partial charge in [0, 0.05) is 30.2 Å². The third-order valence-electron chi connectivity index (χ3n) is 5.58. The molecule has 3 rings (SSSR count). The highest BCUT2D eigenvalue weighted by Gasteiger charge is 2.54. The third-order valence-corrected chi connectivity index (χ3v) is 5.83. The maximum atomic E-state index is 12.8. The molecule has 1 N–H and O–H groups in total. The molecule has 2 aliphatic rings. The molecule has 1 amide bonds. The van der Waals surface area contributed by atoms with Crippen molar-refractivity contribution in [3.05, 3.63) is 34.9 Å². The zero-order valence-electron chi connectivity index (χ0n) is 16.5. The molecule has 2 saturated heterocycles. The van der Waals surface area contributed by atoms with E-state index in [-0.39, 0.29) is 11.8 Å². The quantitative estimate of drug-likeness (QED) is 0.777. The number of morpholine rings is 1. The average molecular weight is 395 g/mol. The topological polar surface area (TPSA) is 60.0 Å². The van der Waals surface area contributed by atoms with E-state index in [1.165, 1.54) is 0 Å². The van der Waals surface area contributed by atoms with Crippen molar-refractivity contribution in [1.82, 2.24) is 10.2 Å². The van der Waals surface area contributed by atoms with Crippen LogP contribution in [0.5, 0.6) is 0 Å². The van der Waals surface area contributed by atoms with Crippen LogP contribution in [0.3, 0.4) is 0 Å². The highest BCUT2D eigenvalue weighted by molar-refractivity contribution is 6.48. The minimum Gasteiger partial charge on any atom is -0.402 e. The summed E-state index contributed by atoms with van der Waals surface area (Å²) in [6.07, 6.45) is 0. The van der Waals surface area contributed by atoms with Crippen LogP contribution in [0, 0.1) is 0 Å². The van der Waals surface area contributed by atoms with Crippen molar-refractivity contribution >= 4 is 24.6 Å². The molecule has 1 aromatic carbocycles. The van der Waals surface area contributed by atoms with Gasteiger partial charge in [-0.05, 0) is 52.0 Å². The molecule has 0 spiro atoms. The normalized spacial score (nSPS) is 23.2. The Bertz CT molecular complexity index is 646. The fourth-order valence-electron chi connectivity index (χ4n) is 3.17. The number of carbonyl (C=O) groups excluding carboxylic acids is 1. The molecule has 2 aliphatic heterocycles. The van der Waals surface area contributed by atoms with Crippen LogP contribution in [-0.2, 0) is 14.0 Å². The predicted octanol–water partition coefficient (Wildman–Crippen LogP) is 2.40. The zero-order chi connectivity index (χ0) is 19.7. The van der Waals surface area contributed by atoms with E-state index in [4.69, 9.17) is 25.6 Å². The van der Waals surface area contributed by atoms with Crippen LogP contribution >= 0.6 is 11.6 Å². The predicted molar refractivity (Wildman–Crippen MR) is 106 cm³/mol. The van der Waals surface area contributed by atoms with Crippen LogP contribution < -0.4 is 5.32 Å². The van der Waals surface area contributed by atoms with Gasteiger partial charge in [-0.2, -0.15) is 0 Å². The summed E-state index contributed by atoms with van der Waals surface area (Å²) in [5.74, 6) is -0.466. The second kappa shape index (κ2) is 8.09. The molecule has 8 heteroatoms. The molecule has 0 bridgehead atoms. The van der Waals surface area contributed by atoms with Gasteiger partial charge in [-0.15, -0.1) is 0 Å². The Labute approximate surface area is 166 Å². The fourth-order valence-corrected chi connectivity index (χ4v) is 3.29. The van der Waals surface area contributed by atoms with Gasteiger partial charge in [-0.3, -0.25) is 9.69 Å². The summed E-state index contributed by atoms with van der Waals surface area (Å²) in [5.41, 5.74) is -0.347. The Hall–Kier alpha value is -1.12. The number of carbonyl (C=O) groups is 1. The van der Waals surface area contributed by atoms with Crippen molar-refractivity contribution in [3.63, 3.8) is 0 Å². The molecule has 0 aromatic heterocycles. The fraction of sp³-hybridized carbons (Fsp3) is 0.632. The van der Waals surface area contributed by atoms with E-state index in [1.807, 2.05) is 27.7 Å². The number of nitrogens with zero attached hydrogens (tertiary/aromatic N) is 1. The van der Waals surface area contributed by atoms with Crippen molar-refractivity contribution in [3.8, 4) is 0 Å². The number of hydrogen-bond donors (Lipinski definition) is 1. The lowest BCUT2D eigenvalue weighted by Crippen LogP contribution is -2.55. The maximum absolute atomic E-state index is 12.8. The Morgan fingerprint density at radius 2 is 1.70 bits per heavy atom. The van der Waals surface area contributed by atoms with Gasteiger partial charge in [0.05, 0.1) is 30.4 Å². The SMILES string of the molecule is CC1(C)OB(C(CN2CCOCC2)NC(=O)c2ccc(Cl)cc2)OC1(C)C. The molecule has 2 fully saturated rings. The molecule has 1 atom stereocenters. The van der Waals surface area contributed by atoms with E-state index >= 15 is 0 Å². The van der Waals surface area contributed by atoms with Crippen LogP contribution in [0.4, 0.5) is 0 Å². The standard InChI is InChI=1S/C19H28BClN2O4/c1-18(2)19(3,4)27-20(26-18)16(13-23-9-11-25-12-10-23)22-17(24)14-5-7-15(21)8-6-14/h5-8,16H,9-13H2,1-4H3,(H,22,24). The van der Waals surface area contributed by atoms with Gasteiger partial charge in [-0.1, -0.05) is 11.6 Å². The minimum atomic E-state index is -0.519. The Morgan fingerprint density at radius 3 is 2.26 bits per heavy atom. The lowest BCUT2D eigenvalue weighted by atomic mass is 9.77. The third kappa shape index (κ3) is 4.84. The molecule has 1 unspecified atom stereocenters. The molecular weight excluding hydrogens is 366 g/mol. The summed E-state index contributed by atoms with van der Waals surface area (Å²) in [6.45, 7) is 11.7. The lowest BCUT2D eigenvalue weighted by molar-refractivity contribution is 0.00578. The van der Waals surface area contributed by atoms with Crippen molar-refractivity contribution < 1.29 is 18.8 Å². The molecule has 6 nitrogen and oxygen atoms in total. The van der Waals surface area contributed by atoms with E-state index in [0.717, 1.165) is 13.1 Å². The molecule has 1 aromatic rings. The molecule has 0 saturated carbocycles. The van der Waals surface area contributed by atoms with E-state index in [2.05, 4.69) is 10.2 Å². The number of nitrogens with one attached hydrogen (secondary N) is 1. The first-order chi connectivity index (χ1) is 12.7. The first kappa shape index (κ1) is 20.6. The number of ether oxygens (including phenoxy) is 1. The monoisotopic (exact) mass is 394 g/mol. The smallest absolute Gasteiger partial charge is 0.402 e. The summed E-state index contributed by atoms with van der Waals surface area (Å²) in [6, 6.07) is 6.85. The van der Waals surface area contributed by atoms with Gasteiger partial charge in [0.1, 0.15) is 0 Å². The number of halogens is 1. The van der Waals surface area contributed by atoms with E-state index < -0.39 is 18.3 Å². The van der Waals surface area contributed by atoms with Crippen LogP contribution in [0.1, 0.15) is 38.1 Å². The van der Waals surface area contributed by atoms with Crippen LogP contribution in [0.15, 0.2) is 24.3 Å². The number of rotatable bonds is 5. The molecule has 0 radical (unpaired) electrons. The number of hydrogen-bond acceptors (Lipinski definition) is 5. The van der Waals surface area contributed by atoms with Crippen LogP contribution in [0.25, 0.3) is 0 Å². The highest BCUT2D eigenvalue weighted by atomic mass is 35.5. The molecule has 0 aliphatic carbocycles. The minimum absolute atomic E-state index is 0.167. The summed E-state index contributed by atoms with van der Waals surface area (Å²) < 4.78 is 17.8. The van der Waals surface area contributed by atoms with E-state index in [0.29, 0.717) is 30.3 Å². The van der Waals surface area contributed by atoms with Gasteiger partial charge >= 0.3 is 7.12 Å². The highest BCUT2D eigenvalue weighted by Crippen LogP contribution is 2.37. The second-order valence-electron chi connectivity index (χ2n) is 8.12. The van der Waals surface area contributed by atoms with Crippen molar-refractivity contribution in [2.75, 3.05) is 32.8 Å². The number of benzene rings is 1. The second-order valence-corrected chi connectivity index (χ2v) is 8.56. The van der Waals surface area contributed by atoms with Crippen LogP contribution in [-0.4, -0.2) is 67.9 Å². The molecular formula is C19H28BClN2O4. The van der Waals surface area contributed by atoms with Crippen molar-refractivity contribution in [1.29, 1.82) is 0 Å². The van der Waals surface area contributed by atoms with Gasteiger partial charge in [0.2, 0.25) is 0 Å². The van der Waals surface area contributed by atoms with Crippen molar-refractivity contribution in [2.45, 2.75) is 44.8 Å². The Balaban J connectivity index is 1.75. The lowest BCUT2D eigenvalue weighted by Gasteiger charge is -2.32. The van der Waals surface area contributed by atoms with Crippen LogP contribution in [0.2, 0.25) is 5.02 Å². The first-order valence-corrected chi connectivity index (χ1v) is 9.78. The summed E-state index contributed by atoms with van der Waals surface area (Å²) in [5, 5.41) is 3.70. The first-order valence-electron chi connectivity index (χ1n) is 9.40. The van der Waals surface area contributed by atoms with Gasteiger partial charge in [0.15, 0.2) is 0 Å². The van der Waals surface area contributed by atoms with Gasteiger partial charge < -0.3 is 19.4 Å². The number of amides is 1. The maximum Gasteiger partial charge on any atom is 0.483 e. The molecule has 148 valence electrons. The zero-order valence-corrected chi connectivity index (χ0v) is 17.2. The van der Waals surface area contributed by atoms with E-state index in [9.17, 15) is 4.79 Å². The summed E-state index contributed by atoms with van der Waals surface area (Å²) >= 11 is 5.93. The Kier molecular flexibility index (Phi) is 6.18. The summed E-state index contributed by atoms with van der Waals surface area (Å²) in [7, 11) is -0.519. The molecule has 2 heterocycles. The van der Waals surface area contributed by atoms with Crippen molar-refractivity contribution in [2.24, 2.45) is 0 Å². The molecule has 27 heavy (non-hydrogen) atoms. The van der Waals surface area contributed by atoms with Gasteiger partial charge in [-0.25, -0.2) is 0 Å². The van der Waals surface area contributed by atoms with Gasteiger partial charge in [0.25, 0.3) is 5.91 Å². The van der Waals surface area contributed by atoms with E-state index in [1.54, 1.807) is 24.3 Å². The summed E-state index contributed by atoms with van der Waals surface area (Å²) in [4.78, 5) is 15.0. The Morgan fingerprint density at radius 1 is 1.15 bits per heavy atom.